The van der Waals surface area contributed by atoms with E-state index in [4.69, 9.17) is 14.6 Å². The average molecular weight is 557 g/mol. The van der Waals surface area contributed by atoms with Crippen LogP contribution in [0.2, 0.25) is 0 Å². The van der Waals surface area contributed by atoms with E-state index in [9.17, 15) is 4.79 Å². The number of benzene rings is 1. The highest BCUT2D eigenvalue weighted by atomic mass is 19.1. The van der Waals surface area contributed by atoms with E-state index < -0.39 is 12.6 Å². The van der Waals surface area contributed by atoms with Gasteiger partial charge in [-0.3, -0.25) is 0 Å². The van der Waals surface area contributed by atoms with Crippen LogP contribution in [0.25, 0.3) is 0 Å². The van der Waals surface area contributed by atoms with Crippen LogP contribution in [0.4, 0.5) is 4.39 Å². The highest BCUT2D eigenvalue weighted by molar-refractivity contribution is 5.87. The Hall–Kier alpha value is -1.72. The molecule has 3 saturated carbocycles. The van der Waals surface area contributed by atoms with Gasteiger partial charge in [-0.1, -0.05) is 64.2 Å². The molecule has 3 aliphatic rings. The molecule has 0 aromatic heterocycles. The predicted molar refractivity (Wildman–Crippen MR) is 159 cm³/mol. The van der Waals surface area contributed by atoms with E-state index in [1.807, 2.05) is 6.07 Å². The molecule has 4 nitrogen and oxygen atoms in total. The SMILES string of the molecule is C=C(CO)C(=O)OCCOC1CCC(c2ccc(C3CCC(C4CCC(CCCCC)CC4)CC3)cc2F)CC1. The van der Waals surface area contributed by atoms with Crippen LogP contribution in [0.5, 0.6) is 0 Å². The van der Waals surface area contributed by atoms with Gasteiger partial charge in [0.05, 0.1) is 24.9 Å². The summed E-state index contributed by atoms with van der Waals surface area (Å²) in [6.07, 6.45) is 20.2. The first-order chi connectivity index (χ1) is 19.5. The lowest BCUT2D eigenvalue weighted by Gasteiger charge is -2.38. The first-order valence-electron chi connectivity index (χ1n) is 16.3. The van der Waals surface area contributed by atoms with Gasteiger partial charge in [-0.05, 0) is 111 Å². The zero-order valence-electron chi connectivity index (χ0n) is 24.9. The van der Waals surface area contributed by atoms with Crippen molar-refractivity contribution in [2.75, 3.05) is 19.8 Å². The van der Waals surface area contributed by atoms with E-state index in [2.05, 4.69) is 25.6 Å². The van der Waals surface area contributed by atoms with E-state index >= 15 is 4.39 Å². The third-order valence-electron chi connectivity index (χ3n) is 10.3. The van der Waals surface area contributed by atoms with Crippen molar-refractivity contribution in [3.63, 3.8) is 0 Å². The van der Waals surface area contributed by atoms with Crippen LogP contribution in [0.15, 0.2) is 30.4 Å². The summed E-state index contributed by atoms with van der Waals surface area (Å²) in [5, 5.41) is 8.91. The normalized spacial score (nSPS) is 29.2. The molecule has 224 valence electrons. The van der Waals surface area contributed by atoms with Gasteiger partial charge < -0.3 is 14.6 Å². The third kappa shape index (κ3) is 8.89. The summed E-state index contributed by atoms with van der Waals surface area (Å²) < 4.78 is 26.2. The maximum Gasteiger partial charge on any atom is 0.335 e. The standard InChI is InChI=1S/C35H53FO4/c1-3-4-5-6-26-7-9-27(10-8-26)28-11-13-29(14-12-28)31-17-20-33(34(36)23-31)30-15-18-32(19-16-30)39-21-22-40-35(38)25(2)24-37/h17,20,23,26-30,32,37H,2-16,18-19,21-22,24H2,1H3. The van der Waals surface area contributed by atoms with Gasteiger partial charge in [0.25, 0.3) is 0 Å². The zero-order valence-corrected chi connectivity index (χ0v) is 24.9. The molecule has 1 N–H and O–H groups in total. The highest BCUT2D eigenvalue weighted by Crippen LogP contribution is 2.45. The fourth-order valence-electron chi connectivity index (χ4n) is 7.74. The second-order valence-electron chi connectivity index (χ2n) is 12.9. The molecule has 0 amide bonds. The van der Waals surface area contributed by atoms with Crippen LogP contribution in [-0.2, 0) is 14.3 Å². The van der Waals surface area contributed by atoms with Gasteiger partial charge in [0, 0.05) is 0 Å². The minimum Gasteiger partial charge on any atom is -0.460 e. The number of unbranched alkanes of at least 4 members (excludes halogenated alkanes) is 2. The number of aliphatic hydroxyl groups is 1. The molecular formula is C35H53FO4. The van der Waals surface area contributed by atoms with Crippen molar-refractivity contribution in [3.05, 3.63) is 47.3 Å². The highest BCUT2D eigenvalue weighted by Gasteiger charge is 2.32. The maximum absolute atomic E-state index is 15.3. The fraction of sp³-hybridized carbons (Fsp3) is 0.743. The van der Waals surface area contributed by atoms with Crippen molar-refractivity contribution in [3.8, 4) is 0 Å². The lowest BCUT2D eigenvalue weighted by atomic mass is 9.68. The van der Waals surface area contributed by atoms with Gasteiger partial charge in [0.2, 0.25) is 0 Å². The van der Waals surface area contributed by atoms with E-state index in [1.165, 1.54) is 82.6 Å². The monoisotopic (exact) mass is 556 g/mol. The Labute approximate surface area is 242 Å². The Morgan fingerprint density at radius 1 is 0.900 bits per heavy atom. The van der Waals surface area contributed by atoms with Crippen molar-refractivity contribution >= 4 is 5.97 Å². The minimum absolute atomic E-state index is 0.0265. The van der Waals surface area contributed by atoms with E-state index in [0.29, 0.717) is 12.5 Å². The number of carbonyl (C=O) groups is 1. The van der Waals surface area contributed by atoms with Gasteiger partial charge in [0.15, 0.2) is 0 Å². The van der Waals surface area contributed by atoms with Crippen LogP contribution >= 0.6 is 0 Å². The van der Waals surface area contributed by atoms with E-state index in [-0.39, 0.29) is 30.0 Å². The summed E-state index contributed by atoms with van der Waals surface area (Å²) in [7, 11) is 0. The van der Waals surface area contributed by atoms with E-state index in [0.717, 1.165) is 49.0 Å². The summed E-state index contributed by atoms with van der Waals surface area (Å²) >= 11 is 0. The smallest absolute Gasteiger partial charge is 0.335 e. The van der Waals surface area contributed by atoms with Crippen LogP contribution in [0.3, 0.4) is 0 Å². The van der Waals surface area contributed by atoms with Crippen LogP contribution in [0, 0.1) is 23.6 Å². The number of esters is 1. The molecule has 0 aliphatic heterocycles. The number of hydrogen-bond donors (Lipinski definition) is 1. The largest absolute Gasteiger partial charge is 0.460 e. The molecule has 3 aliphatic carbocycles. The molecule has 40 heavy (non-hydrogen) atoms. The number of ether oxygens (including phenoxy) is 2. The van der Waals surface area contributed by atoms with Crippen molar-refractivity contribution in [2.45, 2.75) is 128 Å². The van der Waals surface area contributed by atoms with E-state index in [1.54, 1.807) is 0 Å². The molecule has 1 aromatic rings. The quantitative estimate of drug-likeness (QED) is 0.150. The molecule has 0 spiro atoms. The second kappa shape index (κ2) is 16.1. The average Bonchev–Trinajstić information content (AvgIpc) is 2.99. The molecule has 0 atom stereocenters. The molecule has 1 aromatic carbocycles. The minimum atomic E-state index is -0.586. The molecule has 3 fully saturated rings. The molecular weight excluding hydrogens is 503 g/mol. The Morgan fingerprint density at radius 2 is 1.55 bits per heavy atom. The number of rotatable bonds is 13. The number of halogens is 1. The summed E-state index contributed by atoms with van der Waals surface area (Å²) in [4.78, 5) is 11.5. The van der Waals surface area contributed by atoms with Crippen molar-refractivity contribution in [1.82, 2.24) is 0 Å². The Balaban J connectivity index is 1.16. The van der Waals surface area contributed by atoms with Crippen LogP contribution in [0.1, 0.15) is 133 Å². The van der Waals surface area contributed by atoms with Crippen molar-refractivity contribution < 1.29 is 23.8 Å². The fourth-order valence-corrected chi connectivity index (χ4v) is 7.74. The Bertz CT molecular complexity index is 921. The number of aliphatic hydroxyl groups excluding tert-OH is 1. The zero-order chi connectivity index (χ0) is 28.3. The van der Waals surface area contributed by atoms with Gasteiger partial charge in [0.1, 0.15) is 12.4 Å². The number of carbonyl (C=O) groups excluding carboxylic acids is 1. The molecule has 0 radical (unpaired) electrons. The molecule has 4 rings (SSSR count). The van der Waals surface area contributed by atoms with Gasteiger partial charge in [-0.25, -0.2) is 9.18 Å². The summed E-state index contributed by atoms with van der Waals surface area (Å²) in [6.45, 7) is 5.82. The topological polar surface area (TPSA) is 55.8 Å². The Morgan fingerprint density at radius 3 is 2.17 bits per heavy atom. The lowest BCUT2D eigenvalue weighted by Crippen LogP contribution is -2.25. The van der Waals surface area contributed by atoms with Gasteiger partial charge in [-0.2, -0.15) is 0 Å². The maximum atomic E-state index is 15.3. The molecule has 5 heteroatoms. The first kappa shape index (κ1) is 31.2. The van der Waals surface area contributed by atoms with Crippen molar-refractivity contribution in [2.24, 2.45) is 17.8 Å². The second-order valence-corrected chi connectivity index (χ2v) is 12.9. The Kier molecular flexibility index (Phi) is 12.5. The molecule has 0 heterocycles. The summed E-state index contributed by atoms with van der Waals surface area (Å²) in [5.41, 5.74) is 2.12. The third-order valence-corrected chi connectivity index (χ3v) is 10.3. The predicted octanol–water partition coefficient (Wildman–Crippen LogP) is 8.62. The molecule has 0 saturated heterocycles. The number of hydrogen-bond acceptors (Lipinski definition) is 4. The molecule has 0 bridgehead atoms. The van der Waals surface area contributed by atoms with Crippen molar-refractivity contribution in [1.29, 1.82) is 0 Å². The molecule has 0 unspecified atom stereocenters. The van der Waals surface area contributed by atoms with Crippen LogP contribution < -0.4 is 0 Å². The lowest BCUT2D eigenvalue weighted by molar-refractivity contribution is -0.141. The van der Waals surface area contributed by atoms with Crippen LogP contribution in [-0.4, -0.2) is 37.0 Å². The summed E-state index contributed by atoms with van der Waals surface area (Å²) in [6, 6.07) is 6.12. The summed E-state index contributed by atoms with van der Waals surface area (Å²) in [5.74, 6) is 2.95. The van der Waals surface area contributed by atoms with Gasteiger partial charge in [-0.15, -0.1) is 0 Å². The van der Waals surface area contributed by atoms with Gasteiger partial charge >= 0.3 is 5.97 Å². The first-order valence-corrected chi connectivity index (χ1v) is 16.3.